The van der Waals surface area contributed by atoms with E-state index in [0.29, 0.717) is 16.0 Å². The van der Waals surface area contributed by atoms with Gasteiger partial charge in [-0.3, -0.25) is 0 Å². The van der Waals surface area contributed by atoms with Gasteiger partial charge in [-0.15, -0.1) is 0 Å². The predicted molar refractivity (Wildman–Crippen MR) is 64.9 cm³/mol. The maximum Gasteiger partial charge on any atom is 0.228 e. The second kappa shape index (κ2) is 5.29. The summed E-state index contributed by atoms with van der Waals surface area (Å²) in [4.78, 5) is 12.3. The largest absolute Gasteiger partial charge is 0.357 e. The topological polar surface area (TPSA) is 50.7 Å². The summed E-state index contributed by atoms with van der Waals surface area (Å²) in [7, 11) is 1.67. The highest BCUT2D eigenvalue weighted by atomic mass is 35.5. The Labute approximate surface area is 107 Å². The zero-order valence-electron chi connectivity index (χ0n) is 8.82. The molecular weight excluding hydrogens is 263 g/mol. The van der Waals surface area contributed by atoms with Crippen LogP contribution in [0.1, 0.15) is 0 Å². The van der Waals surface area contributed by atoms with Gasteiger partial charge in [-0.1, -0.05) is 12.1 Å². The normalized spacial score (nSPS) is 10.3. The monoisotopic (exact) mass is 270 g/mol. The van der Waals surface area contributed by atoms with Gasteiger partial charge in [0.25, 0.3) is 0 Å². The fourth-order valence-corrected chi connectivity index (χ4v) is 2.10. The van der Waals surface area contributed by atoms with Crippen LogP contribution in [0.2, 0.25) is 5.28 Å². The van der Waals surface area contributed by atoms with Gasteiger partial charge in [0.15, 0.2) is 5.16 Å². The number of nitrogens with one attached hydrogen (secondary N) is 1. The average Bonchev–Trinajstić information content (AvgIpc) is 2.31. The number of hydrogen-bond acceptors (Lipinski definition) is 5. The molecule has 2 aromatic rings. The quantitative estimate of drug-likeness (QED) is 0.929. The predicted octanol–water partition coefficient (Wildman–Crippen LogP) is 2.86. The highest BCUT2D eigenvalue weighted by Crippen LogP contribution is 2.27. The van der Waals surface area contributed by atoms with Crippen molar-refractivity contribution in [1.29, 1.82) is 0 Å². The van der Waals surface area contributed by atoms with Gasteiger partial charge in [0, 0.05) is 7.05 Å². The van der Waals surface area contributed by atoms with Crippen LogP contribution in [0.4, 0.5) is 10.3 Å². The van der Waals surface area contributed by atoms with Crippen LogP contribution < -0.4 is 5.32 Å². The fraction of sp³-hybridized carbons (Fsp3) is 0.100. The summed E-state index contributed by atoms with van der Waals surface area (Å²) < 4.78 is 13.4. The summed E-state index contributed by atoms with van der Waals surface area (Å²) >= 11 is 6.82. The zero-order chi connectivity index (χ0) is 12.3. The van der Waals surface area contributed by atoms with E-state index in [1.54, 1.807) is 25.2 Å². The van der Waals surface area contributed by atoms with Crippen LogP contribution in [0.25, 0.3) is 0 Å². The smallest absolute Gasteiger partial charge is 0.228 e. The maximum absolute atomic E-state index is 13.4. The lowest BCUT2D eigenvalue weighted by atomic mass is 10.4. The van der Waals surface area contributed by atoms with E-state index in [9.17, 15) is 4.39 Å². The van der Waals surface area contributed by atoms with Crippen LogP contribution in [0, 0.1) is 5.82 Å². The number of aromatic nitrogens is 3. The van der Waals surface area contributed by atoms with Crippen molar-refractivity contribution in [3.63, 3.8) is 0 Å². The minimum absolute atomic E-state index is 0.0724. The molecule has 88 valence electrons. The summed E-state index contributed by atoms with van der Waals surface area (Å²) in [6.07, 6.45) is 0. The molecule has 0 spiro atoms. The first kappa shape index (κ1) is 12.1. The van der Waals surface area contributed by atoms with Crippen molar-refractivity contribution in [3.05, 3.63) is 35.4 Å². The first-order chi connectivity index (χ1) is 8.19. The summed E-state index contributed by atoms with van der Waals surface area (Å²) in [5, 5.41) is 3.17. The Kier molecular flexibility index (Phi) is 3.75. The van der Waals surface area contributed by atoms with Crippen molar-refractivity contribution in [2.75, 3.05) is 12.4 Å². The van der Waals surface area contributed by atoms with Crippen LogP contribution in [-0.2, 0) is 0 Å². The van der Waals surface area contributed by atoms with Gasteiger partial charge in [0.1, 0.15) is 5.82 Å². The van der Waals surface area contributed by atoms with E-state index in [0.717, 1.165) is 11.8 Å². The molecule has 1 heterocycles. The van der Waals surface area contributed by atoms with E-state index in [1.807, 2.05) is 0 Å². The van der Waals surface area contributed by atoms with Crippen molar-refractivity contribution in [2.45, 2.75) is 10.1 Å². The van der Waals surface area contributed by atoms with Crippen LogP contribution in [-0.4, -0.2) is 22.0 Å². The molecule has 7 heteroatoms. The third kappa shape index (κ3) is 3.04. The summed E-state index contributed by atoms with van der Waals surface area (Å²) in [6.45, 7) is 0. The Morgan fingerprint density at radius 3 is 2.71 bits per heavy atom. The highest BCUT2D eigenvalue weighted by Gasteiger charge is 2.08. The minimum atomic E-state index is -0.319. The lowest BCUT2D eigenvalue weighted by Gasteiger charge is -2.03. The van der Waals surface area contributed by atoms with Gasteiger partial charge >= 0.3 is 0 Å². The molecule has 0 radical (unpaired) electrons. The molecule has 0 bridgehead atoms. The standard InChI is InChI=1S/C10H8ClFN4S/c1-13-9-14-8(11)15-10(16-9)17-7-5-3-2-4-6(7)12/h2-5H,1H3,(H,13,14,15,16). The molecule has 0 aliphatic carbocycles. The van der Waals surface area contributed by atoms with Crippen molar-refractivity contribution in [2.24, 2.45) is 0 Å². The SMILES string of the molecule is CNc1nc(Cl)nc(Sc2ccccc2F)n1. The first-order valence-electron chi connectivity index (χ1n) is 4.71. The molecule has 0 unspecified atom stereocenters. The van der Waals surface area contributed by atoms with Gasteiger partial charge in [-0.25, -0.2) is 4.39 Å². The van der Waals surface area contributed by atoms with Gasteiger partial charge in [-0.05, 0) is 35.5 Å². The molecule has 1 aromatic carbocycles. The highest BCUT2D eigenvalue weighted by molar-refractivity contribution is 7.99. The van der Waals surface area contributed by atoms with E-state index in [-0.39, 0.29) is 11.1 Å². The Morgan fingerprint density at radius 2 is 2.00 bits per heavy atom. The second-order valence-corrected chi connectivity index (χ2v) is 4.34. The molecule has 0 aliphatic rings. The van der Waals surface area contributed by atoms with E-state index in [2.05, 4.69) is 20.3 Å². The number of nitrogens with zero attached hydrogens (tertiary/aromatic N) is 3. The average molecular weight is 271 g/mol. The van der Waals surface area contributed by atoms with E-state index < -0.39 is 0 Å². The lowest BCUT2D eigenvalue weighted by Crippen LogP contribution is -2.00. The molecule has 0 saturated carbocycles. The van der Waals surface area contributed by atoms with Crippen LogP contribution in [0.15, 0.2) is 34.3 Å². The number of halogens is 2. The molecule has 2 rings (SSSR count). The molecule has 0 fully saturated rings. The summed E-state index contributed by atoms with van der Waals surface area (Å²) in [5.41, 5.74) is 0. The Hall–Kier alpha value is -1.40. The number of benzene rings is 1. The molecule has 0 atom stereocenters. The third-order valence-corrected chi connectivity index (χ3v) is 2.93. The molecule has 0 aliphatic heterocycles. The van der Waals surface area contributed by atoms with Crippen LogP contribution in [0.5, 0.6) is 0 Å². The fourth-order valence-electron chi connectivity index (χ4n) is 1.12. The van der Waals surface area contributed by atoms with E-state index in [1.165, 1.54) is 6.07 Å². The summed E-state index contributed by atoms with van der Waals surface area (Å²) in [5.74, 6) is 0.0314. The maximum atomic E-state index is 13.4. The Balaban J connectivity index is 2.30. The van der Waals surface area contributed by atoms with E-state index in [4.69, 9.17) is 11.6 Å². The molecule has 0 amide bonds. The van der Waals surface area contributed by atoms with Gasteiger partial charge in [0.2, 0.25) is 11.2 Å². The van der Waals surface area contributed by atoms with Crippen molar-refractivity contribution in [3.8, 4) is 0 Å². The Bertz CT molecular complexity index is 537. The van der Waals surface area contributed by atoms with Crippen LogP contribution in [0.3, 0.4) is 0 Å². The van der Waals surface area contributed by atoms with Crippen molar-refractivity contribution in [1.82, 2.24) is 15.0 Å². The molecule has 0 saturated heterocycles. The van der Waals surface area contributed by atoms with E-state index >= 15 is 0 Å². The van der Waals surface area contributed by atoms with Gasteiger partial charge in [0.05, 0.1) is 4.90 Å². The van der Waals surface area contributed by atoms with Gasteiger partial charge in [-0.2, -0.15) is 15.0 Å². The molecule has 1 N–H and O–H groups in total. The van der Waals surface area contributed by atoms with Crippen LogP contribution >= 0.6 is 23.4 Å². The lowest BCUT2D eigenvalue weighted by molar-refractivity contribution is 0.601. The molecule has 17 heavy (non-hydrogen) atoms. The number of hydrogen-bond donors (Lipinski definition) is 1. The molecule has 4 nitrogen and oxygen atoms in total. The molecule has 1 aromatic heterocycles. The second-order valence-electron chi connectivity index (χ2n) is 2.99. The van der Waals surface area contributed by atoms with Gasteiger partial charge < -0.3 is 5.32 Å². The minimum Gasteiger partial charge on any atom is -0.357 e. The number of anilines is 1. The first-order valence-corrected chi connectivity index (χ1v) is 5.90. The van der Waals surface area contributed by atoms with Crippen molar-refractivity contribution < 1.29 is 4.39 Å². The number of rotatable bonds is 3. The Morgan fingerprint density at radius 1 is 1.24 bits per heavy atom. The van der Waals surface area contributed by atoms with Crippen molar-refractivity contribution >= 4 is 29.3 Å². The summed E-state index contributed by atoms with van der Waals surface area (Å²) in [6, 6.07) is 6.40. The zero-order valence-corrected chi connectivity index (χ0v) is 10.4. The molecular formula is C10H8ClFN4S. The third-order valence-electron chi connectivity index (χ3n) is 1.85.